The van der Waals surface area contributed by atoms with Crippen LogP contribution in [0, 0.1) is 13.8 Å². The number of carbonyl (C=O) groups is 2. The summed E-state index contributed by atoms with van der Waals surface area (Å²) in [4.78, 5) is 24.7. The van der Waals surface area contributed by atoms with Crippen molar-refractivity contribution in [3.05, 3.63) is 57.6 Å². The molecule has 0 atom stereocenters. The van der Waals surface area contributed by atoms with Crippen molar-refractivity contribution in [2.45, 2.75) is 105 Å². The Labute approximate surface area is 215 Å². The van der Waals surface area contributed by atoms with Gasteiger partial charge in [0.05, 0.1) is 0 Å². The van der Waals surface area contributed by atoms with Crippen LogP contribution in [0.1, 0.15) is 94.7 Å². The van der Waals surface area contributed by atoms with Crippen molar-refractivity contribution in [2.24, 2.45) is 0 Å². The van der Waals surface area contributed by atoms with Crippen LogP contribution in [0.25, 0.3) is 0 Å². The van der Waals surface area contributed by atoms with Gasteiger partial charge in [0.1, 0.15) is 11.5 Å². The summed E-state index contributed by atoms with van der Waals surface area (Å²) in [6.45, 7) is 17.4. The van der Waals surface area contributed by atoms with Gasteiger partial charge in [0.25, 0.3) is 0 Å². The third kappa shape index (κ3) is 8.00. The zero-order chi connectivity index (χ0) is 27.4. The highest BCUT2D eigenvalue weighted by atomic mass is 16.7. The fourth-order valence-electron chi connectivity index (χ4n) is 4.15. The summed E-state index contributed by atoms with van der Waals surface area (Å²) in [6.07, 6.45) is 0.208. The molecule has 0 amide bonds. The normalized spacial score (nSPS) is 12.1. The highest BCUT2D eigenvalue weighted by Gasteiger charge is 2.22. The summed E-state index contributed by atoms with van der Waals surface area (Å²) in [5.74, 6) is -0.345. The molecule has 2 aromatic rings. The predicted octanol–water partition coefficient (Wildman–Crippen LogP) is 6.31. The number of phenols is 2. The molecule has 2 aromatic carbocycles. The minimum Gasteiger partial charge on any atom is -0.507 e. The molecule has 2 rings (SSSR count). The molecule has 0 saturated carbocycles. The molecular weight excluding hydrogens is 456 g/mol. The van der Waals surface area contributed by atoms with Crippen molar-refractivity contribution in [3.8, 4) is 11.5 Å². The highest BCUT2D eigenvalue weighted by molar-refractivity contribution is 5.72. The van der Waals surface area contributed by atoms with Crippen molar-refractivity contribution < 1.29 is 29.3 Å². The van der Waals surface area contributed by atoms with Crippen LogP contribution in [0.3, 0.4) is 0 Å². The van der Waals surface area contributed by atoms with E-state index in [2.05, 4.69) is 0 Å². The Morgan fingerprint density at radius 1 is 0.722 bits per heavy atom. The summed E-state index contributed by atoms with van der Waals surface area (Å²) in [5, 5.41) is 20.8. The van der Waals surface area contributed by atoms with Gasteiger partial charge in [-0.2, -0.15) is 0 Å². The lowest BCUT2D eigenvalue weighted by Crippen LogP contribution is -2.22. The molecule has 0 heterocycles. The van der Waals surface area contributed by atoms with Crippen molar-refractivity contribution in [2.75, 3.05) is 0 Å². The van der Waals surface area contributed by atoms with E-state index in [4.69, 9.17) is 9.47 Å². The summed E-state index contributed by atoms with van der Waals surface area (Å²) in [7, 11) is 0. The summed E-state index contributed by atoms with van der Waals surface area (Å²) in [5.41, 5.74) is 4.66. The zero-order valence-electron chi connectivity index (χ0n) is 23.2. The van der Waals surface area contributed by atoms with Gasteiger partial charge in [-0.05, 0) is 70.9 Å². The molecule has 0 aliphatic carbocycles. The maximum absolute atomic E-state index is 12.3. The first-order valence-corrected chi connectivity index (χ1v) is 12.5. The molecule has 36 heavy (non-hydrogen) atoms. The van der Waals surface area contributed by atoms with Crippen molar-refractivity contribution in [1.82, 2.24) is 0 Å². The van der Waals surface area contributed by atoms with Crippen molar-refractivity contribution >= 4 is 11.9 Å². The third-order valence-corrected chi connectivity index (χ3v) is 6.17. The van der Waals surface area contributed by atoms with Gasteiger partial charge in [-0.3, -0.25) is 9.59 Å². The number of carbonyl (C=O) groups excluding carboxylic acids is 2. The van der Waals surface area contributed by atoms with Crippen LogP contribution in [0.5, 0.6) is 11.5 Å². The molecule has 6 nitrogen and oxygen atoms in total. The van der Waals surface area contributed by atoms with Gasteiger partial charge in [0.15, 0.2) is 0 Å². The average molecular weight is 499 g/mol. The van der Waals surface area contributed by atoms with Crippen LogP contribution in [0.4, 0.5) is 0 Å². The standard InChI is InChI=1S/C30H42O6/c1-18-14-21(16-23(27(18)33)29(4,5)6)10-12-25(31)35-20(3)36-26(32)13-11-22-15-19(2)28(34)24(17-22)30(7,8)9/h14-17,20,33-34H,10-13H2,1-9H3. The van der Waals surface area contributed by atoms with E-state index >= 15 is 0 Å². The first-order valence-electron chi connectivity index (χ1n) is 12.5. The van der Waals surface area contributed by atoms with Gasteiger partial charge in [0, 0.05) is 19.8 Å². The van der Waals surface area contributed by atoms with E-state index in [9.17, 15) is 19.8 Å². The molecule has 0 bridgehead atoms. The highest BCUT2D eigenvalue weighted by Crippen LogP contribution is 2.35. The van der Waals surface area contributed by atoms with Crippen molar-refractivity contribution in [1.29, 1.82) is 0 Å². The molecule has 0 saturated heterocycles. The maximum atomic E-state index is 12.3. The van der Waals surface area contributed by atoms with Crippen LogP contribution in [-0.4, -0.2) is 28.4 Å². The first-order chi connectivity index (χ1) is 16.5. The Balaban J connectivity index is 1.88. The Bertz CT molecular complexity index is 1010. The number of hydrogen-bond acceptors (Lipinski definition) is 6. The molecule has 0 radical (unpaired) electrons. The second-order valence-electron chi connectivity index (χ2n) is 11.7. The van der Waals surface area contributed by atoms with Gasteiger partial charge >= 0.3 is 11.9 Å². The smallest absolute Gasteiger partial charge is 0.309 e. The number of aryl methyl sites for hydroxylation is 4. The fraction of sp³-hybridized carbons (Fsp3) is 0.533. The number of esters is 2. The van der Waals surface area contributed by atoms with Gasteiger partial charge in [-0.1, -0.05) is 65.8 Å². The predicted molar refractivity (Wildman–Crippen MR) is 141 cm³/mol. The van der Waals surface area contributed by atoms with E-state index < -0.39 is 18.2 Å². The number of hydrogen-bond donors (Lipinski definition) is 2. The molecule has 2 N–H and O–H groups in total. The van der Waals surface area contributed by atoms with Crippen LogP contribution in [-0.2, 0) is 42.7 Å². The topological polar surface area (TPSA) is 93.1 Å². The van der Waals surface area contributed by atoms with Crippen LogP contribution >= 0.6 is 0 Å². The SMILES string of the molecule is Cc1cc(CCC(=O)OC(C)OC(=O)CCc2cc(C)c(O)c(C(C)(C)C)c2)cc(C(C)(C)C)c1O. The lowest BCUT2D eigenvalue weighted by Gasteiger charge is -2.23. The zero-order valence-corrected chi connectivity index (χ0v) is 23.2. The molecule has 0 fully saturated rings. The quantitative estimate of drug-likeness (QED) is 0.327. The van der Waals surface area contributed by atoms with Crippen LogP contribution < -0.4 is 0 Å². The van der Waals surface area contributed by atoms with Gasteiger partial charge < -0.3 is 19.7 Å². The number of aromatic hydroxyl groups is 2. The lowest BCUT2D eigenvalue weighted by atomic mass is 9.83. The fourth-order valence-corrected chi connectivity index (χ4v) is 4.15. The molecule has 0 spiro atoms. The Morgan fingerprint density at radius 3 is 1.36 bits per heavy atom. The molecule has 198 valence electrons. The van der Waals surface area contributed by atoms with Crippen LogP contribution in [0.15, 0.2) is 24.3 Å². The van der Waals surface area contributed by atoms with E-state index in [0.29, 0.717) is 12.8 Å². The van der Waals surface area contributed by atoms with E-state index in [1.807, 2.05) is 79.7 Å². The molecule has 0 aliphatic rings. The summed E-state index contributed by atoms with van der Waals surface area (Å²) in [6, 6.07) is 7.60. The van der Waals surface area contributed by atoms with E-state index in [0.717, 1.165) is 33.4 Å². The van der Waals surface area contributed by atoms with E-state index in [1.165, 1.54) is 6.92 Å². The number of ether oxygens (including phenoxy) is 2. The van der Waals surface area contributed by atoms with Gasteiger partial charge in [0.2, 0.25) is 6.29 Å². The van der Waals surface area contributed by atoms with E-state index in [1.54, 1.807) is 0 Å². The second kappa shape index (κ2) is 11.4. The summed E-state index contributed by atoms with van der Waals surface area (Å²) >= 11 is 0. The number of rotatable bonds is 8. The molecule has 0 aliphatic heterocycles. The molecule has 0 aromatic heterocycles. The molecule has 0 unspecified atom stereocenters. The van der Waals surface area contributed by atoms with E-state index in [-0.39, 0.29) is 35.2 Å². The van der Waals surface area contributed by atoms with Gasteiger partial charge in [-0.25, -0.2) is 0 Å². The average Bonchev–Trinajstić information content (AvgIpc) is 2.73. The van der Waals surface area contributed by atoms with Gasteiger partial charge in [-0.15, -0.1) is 0 Å². The maximum Gasteiger partial charge on any atom is 0.309 e. The monoisotopic (exact) mass is 498 g/mol. The largest absolute Gasteiger partial charge is 0.507 e. The van der Waals surface area contributed by atoms with Crippen molar-refractivity contribution in [3.63, 3.8) is 0 Å². The third-order valence-electron chi connectivity index (χ3n) is 6.17. The first kappa shape index (κ1) is 29.2. The minimum atomic E-state index is -0.983. The lowest BCUT2D eigenvalue weighted by molar-refractivity contribution is -0.184. The van der Waals surface area contributed by atoms with Crippen LogP contribution in [0.2, 0.25) is 0 Å². The Kier molecular flexibility index (Phi) is 9.22. The minimum absolute atomic E-state index is 0.137. The number of phenolic OH excluding ortho intramolecular Hbond substituents is 2. The summed E-state index contributed by atoms with van der Waals surface area (Å²) < 4.78 is 10.6. The second-order valence-corrected chi connectivity index (χ2v) is 11.7. The number of benzene rings is 2. The Morgan fingerprint density at radius 2 is 1.06 bits per heavy atom. The molecular formula is C30H42O6. The Hall–Kier alpha value is -3.02. The molecule has 6 heteroatoms.